The summed E-state index contributed by atoms with van der Waals surface area (Å²) in [5.74, 6) is 3.18. The number of hydrogen-bond donors (Lipinski definition) is 0. The first kappa shape index (κ1) is 24.9. The molecule has 4 fully saturated rings. The van der Waals surface area contributed by atoms with Gasteiger partial charge in [0.2, 0.25) is 0 Å². The van der Waals surface area contributed by atoms with Crippen LogP contribution in [0.5, 0.6) is 0 Å². The summed E-state index contributed by atoms with van der Waals surface area (Å²) in [5.41, 5.74) is 1.84. The predicted molar refractivity (Wildman–Crippen MR) is 138 cm³/mol. The number of fused-ring (bicyclic) bond motifs is 5. The van der Waals surface area contributed by atoms with Crippen LogP contribution >= 0.6 is 0 Å². The van der Waals surface area contributed by atoms with Gasteiger partial charge < -0.3 is 13.7 Å². The zero-order valence-corrected chi connectivity index (χ0v) is 24.3. The molecule has 4 aliphatic carbocycles. The fraction of sp³-hybridized carbons (Fsp3) is 0.962. The fourth-order valence-corrected chi connectivity index (χ4v) is 10.7. The van der Waals surface area contributed by atoms with Crippen molar-refractivity contribution in [3.05, 3.63) is 0 Å². The third-order valence-corrected chi connectivity index (χ3v) is 11.6. The molecule has 4 nitrogen and oxygen atoms in total. The molecule has 0 aromatic carbocycles. The SMILES string of the molecule is CON=C1[C@H](O[Si](C)(C)C)CC2C3CC[C@@H]4C[C@@H](O[Si](C)(C)C)CC[C@]4(C)C3CC[C@]12C. The molecule has 32 heavy (non-hydrogen) atoms. The topological polar surface area (TPSA) is 40.0 Å². The predicted octanol–water partition coefficient (Wildman–Crippen LogP) is 7.08. The van der Waals surface area contributed by atoms with E-state index >= 15 is 0 Å². The highest BCUT2D eigenvalue weighted by Crippen LogP contribution is 2.66. The first-order valence-electron chi connectivity index (χ1n) is 13.2. The Bertz CT molecular complexity index is 730. The van der Waals surface area contributed by atoms with Crippen LogP contribution in [0.25, 0.3) is 0 Å². The molecule has 0 aromatic rings. The van der Waals surface area contributed by atoms with E-state index in [-0.39, 0.29) is 11.5 Å². The van der Waals surface area contributed by atoms with E-state index < -0.39 is 16.6 Å². The van der Waals surface area contributed by atoms with Gasteiger partial charge in [0.1, 0.15) is 7.11 Å². The largest absolute Gasteiger partial charge is 0.415 e. The van der Waals surface area contributed by atoms with Crippen LogP contribution in [0.1, 0.15) is 65.2 Å². The maximum absolute atomic E-state index is 6.71. The van der Waals surface area contributed by atoms with Crippen molar-refractivity contribution in [1.29, 1.82) is 0 Å². The molecule has 0 aliphatic heterocycles. The Morgan fingerprint density at radius 3 is 2.12 bits per heavy atom. The van der Waals surface area contributed by atoms with Crippen molar-refractivity contribution in [2.75, 3.05) is 7.11 Å². The maximum Gasteiger partial charge on any atom is 0.184 e. The molecule has 0 bridgehead atoms. The first-order valence-corrected chi connectivity index (χ1v) is 20.1. The minimum atomic E-state index is -1.65. The van der Waals surface area contributed by atoms with Gasteiger partial charge in [-0.25, -0.2) is 0 Å². The molecule has 4 saturated carbocycles. The van der Waals surface area contributed by atoms with Crippen LogP contribution in [0.4, 0.5) is 0 Å². The molecule has 0 heterocycles. The van der Waals surface area contributed by atoms with Gasteiger partial charge in [0.05, 0.1) is 11.8 Å². The zero-order chi connectivity index (χ0) is 23.5. The molecule has 184 valence electrons. The summed E-state index contributed by atoms with van der Waals surface area (Å²) in [6.45, 7) is 19.1. The van der Waals surface area contributed by atoms with Crippen LogP contribution in [-0.4, -0.2) is 41.7 Å². The number of nitrogens with zero attached hydrogens (tertiary/aromatic N) is 1. The van der Waals surface area contributed by atoms with Crippen molar-refractivity contribution < 1.29 is 13.7 Å². The van der Waals surface area contributed by atoms with Gasteiger partial charge >= 0.3 is 0 Å². The third-order valence-electron chi connectivity index (χ3n) is 9.57. The molecule has 4 rings (SSSR count). The molecule has 0 spiro atoms. The van der Waals surface area contributed by atoms with Gasteiger partial charge in [-0.15, -0.1) is 0 Å². The zero-order valence-electron chi connectivity index (χ0n) is 22.3. The van der Waals surface area contributed by atoms with Crippen molar-refractivity contribution in [1.82, 2.24) is 0 Å². The van der Waals surface area contributed by atoms with E-state index in [9.17, 15) is 0 Å². The summed E-state index contributed by atoms with van der Waals surface area (Å²) >= 11 is 0. The smallest absolute Gasteiger partial charge is 0.184 e. The molecular formula is C26H49NO3Si2. The van der Waals surface area contributed by atoms with Crippen LogP contribution in [-0.2, 0) is 13.7 Å². The Kier molecular flexibility index (Phi) is 6.62. The number of hydrogen-bond acceptors (Lipinski definition) is 4. The van der Waals surface area contributed by atoms with Crippen LogP contribution in [0.2, 0.25) is 39.3 Å². The second-order valence-electron chi connectivity index (χ2n) is 13.9. The van der Waals surface area contributed by atoms with Crippen LogP contribution in [0, 0.1) is 34.5 Å². The van der Waals surface area contributed by atoms with E-state index in [0.717, 1.165) is 24.2 Å². The van der Waals surface area contributed by atoms with Gasteiger partial charge in [-0.05, 0) is 120 Å². The minimum Gasteiger partial charge on any atom is -0.415 e. The van der Waals surface area contributed by atoms with Gasteiger partial charge in [-0.3, -0.25) is 0 Å². The highest BCUT2D eigenvalue weighted by molar-refractivity contribution is 6.70. The molecule has 8 atom stereocenters. The number of rotatable bonds is 5. The second-order valence-corrected chi connectivity index (χ2v) is 22.8. The fourth-order valence-electron chi connectivity index (χ4n) is 8.40. The molecule has 4 aliphatic rings. The second kappa shape index (κ2) is 8.49. The lowest BCUT2D eigenvalue weighted by Crippen LogP contribution is -2.54. The number of oxime groups is 1. The van der Waals surface area contributed by atoms with Gasteiger partial charge in [-0.1, -0.05) is 19.0 Å². The standard InChI is InChI=1S/C26H49NO3Si2/c1-25-14-12-19(29-31(4,5)6)16-18(25)10-11-20-21(25)13-15-26(2)22(20)17-23(24(26)27-28-3)30-32(7,8)9/h18-23H,10-17H2,1-9H3/t18-,19+,20?,21?,22?,23-,25+,26+/m1/s1. The van der Waals surface area contributed by atoms with Crippen molar-refractivity contribution in [2.24, 2.45) is 39.7 Å². The Labute approximate surface area is 199 Å². The van der Waals surface area contributed by atoms with Gasteiger partial charge in [0.25, 0.3) is 0 Å². The van der Waals surface area contributed by atoms with E-state index in [1.807, 2.05) is 0 Å². The highest BCUT2D eigenvalue weighted by atomic mass is 28.4. The quantitative estimate of drug-likeness (QED) is 0.312. The molecule has 0 N–H and O–H groups in total. The van der Waals surface area contributed by atoms with E-state index in [0.29, 0.717) is 17.4 Å². The van der Waals surface area contributed by atoms with Gasteiger partial charge in [0.15, 0.2) is 16.6 Å². The summed E-state index contributed by atoms with van der Waals surface area (Å²) in [5, 5.41) is 4.63. The Hall–Kier alpha value is -0.176. The summed E-state index contributed by atoms with van der Waals surface area (Å²) in [6.07, 6.45) is 11.1. The van der Waals surface area contributed by atoms with Crippen LogP contribution < -0.4 is 0 Å². The summed E-state index contributed by atoms with van der Waals surface area (Å²) in [4.78, 5) is 5.39. The Morgan fingerprint density at radius 1 is 0.812 bits per heavy atom. The van der Waals surface area contributed by atoms with Gasteiger partial charge in [-0.2, -0.15) is 0 Å². The van der Waals surface area contributed by atoms with Crippen LogP contribution in [0.15, 0.2) is 5.16 Å². The Morgan fingerprint density at radius 2 is 1.50 bits per heavy atom. The maximum atomic E-state index is 6.71. The molecular weight excluding hydrogens is 430 g/mol. The molecule has 6 heteroatoms. The normalized spacial score (nSPS) is 45.8. The van der Waals surface area contributed by atoms with Crippen molar-refractivity contribution in [2.45, 2.75) is 117 Å². The highest BCUT2D eigenvalue weighted by Gasteiger charge is 2.62. The van der Waals surface area contributed by atoms with Crippen molar-refractivity contribution >= 4 is 22.3 Å². The Balaban J connectivity index is 1.55. The van der Waals surface area contributed by atoms with E-state index in [4.69, 9.17) is 13.7 Å². The minimum absolute atomic E-state index is 0.142. The van der Waals surface area contributed by atoms with Crippen molar-refractivity contribution in [3.8, 4) is 0 Å². The summed E-state index contributed by atoms with van der Waals surface area (Å²) in [7, 11) is -1.42. The molecule has 0 aromatic heterocycles. The van der Waals surface area contributed by atoms with Gasteiger partial charge in [0, 0.05) is 11.5 Å². The average Bonchev–Trinajstić information content (AvgIpc) is 2.92. The monoisotopic (exact) mass is 479 g/mol. The van der Waals surface area contributed by atoms with E-state index in [1.165, 1.54) is 50.7 Å². The molecule has 3 unspecified atom stereocenters. The first-order chi connectivity index (χ1) is 14.8. The summed E-state index contributed by atoms with van der Waals surface area (Å²) in [6, 6.07) is 0. The van der Waals surface area contributed by atoms with E-state index in [1.54, 1.807) is 7.11 Å². The molecule has 0 amide bonds. The molecule has 0 saturated heterocycles. The lowest BCUT2D eigenvalue weighted by molar-refractivity contribution is -0.112. The average molecular weight is 480 g/mol. The van der Waals surface area contributed by atoms with Crippen molar-refractivity contribution in [3.63, 3.8) is 0 Å². The lowest BCUT2D eigenvalue weighted by atomic mass is 9.45. The van der Waals surface area contributed by atoms with Crippen LogP contribution in [0.3, 0.4) is 0 Å². The third kappa shape index (κ3) is 4.55. The van der Waals surface area contributed by atoms with E-state index in [2.05, 4.69) is 58.3 Å². The lowest BCUT2D eigenvalue weighted by Gasteiger charge is -2.60. The molecule has 0 radical (unpaired) electrons. The summed E-state index contributed by atoms with van der Waals surface area (Å²) < 4.78 is 13.3.